The highest BCUT2D eigenvalue weighted by atomic mass is 16.4. The summed E-state index contributed by atoms with van der Waals surface area (Å²) in [4.78, 5) is 21.3. The fraction of sp³-hybridized carbons (Fsp3) is 0.778. The highest BCUT2D eigenvalue weighted by Gasteiger charge is 2.12. The van der Waals surface area contributed by atoms with E-state index in [1.165, 1.54) is 0 Å². The Morgan fingerprint density at radius 3 is 2.47 bits per heavy atom. The van der Waals surface area contributed by atoms with Crippen LogP contribution < -0.4 is 10.6 Å². The highest BCUT2D eigenvalue weighted by molar-refractivity contribution is 5.74. The lowest BCUT2D eigenvalue weighted by atomic mass is 10.2. The molecule has 6 nitrogen and oxygen atoms in total. The number of aliphatic carboxylic acids is 1. The van der Waals surface area contributed by atoms with Gasteiger partial charge in [-0.3, -0.25) is 0 Å². The van der Waals surface area contributed by atoms with Gasteiger partial charge in [-0.25, -0.2) is 9.59 Å². The van der Waals surface area contributed by atoms with Crippen LogP contribution in [0.3, 0.4) is 0 Å². The lowest BCUT2D eigenvalue weighted by molar-refractivity contribution is -0.146. The van der Waals surface area contributed by atoms with E-state index in [4.69, 9.17) is 10.2 Å². The predicted octanol–water partition coefficient (Wildman–Crippen LogP) is -0.0803. The number of carbonyl (C=O) groups is 2. The van der Waals surface area contributed by atoms with Crippen molar-refractivity contribution < 1.29 is 19.8 Å². The number of hydrogen-bond acceptors (Lipinski definition) is 3. The Morgan fingerprint density at radius 1 is 1.40 bits per heavy atom. The van der Waals surface area contributed by atoms with Gasteiger partial charge < -0.3 is 20.8 Å². The van der Waals surface area contributed by atoms with Crippen molar-refractivity contribution in [3.63, 3.8) is 0 Å². The number of aliphatic hydroxyl groups excluding tert-OH is 1. The van der Waals surface area contributed by atoms with Crippen molar-refractivity contribution in [3.05, 3.63) is 0 Å². The van der Waals surface area contributed by atoms with E-state index < -0.39 is 12.1 Å². The Hall–Kier alpha value is -1.30. The van der Waals surface area contributed by atoms with Gasteiger partial charge in [0.25, 0.3) is 0 Å². The Labute approximate surface area is 88.7 Å². The molecular formula is C9H18N2O4. The van der Waals surface area contributed by atoms with Crippen LogP contribution in [0.5, 0.6) is 0 Å². The van der Waals surface area contributed by atoms with Crippen molar-refractivity contribution in [2.75, 3.05) is 6.54 Å². The fourth-order valence-electron chi connectivity index (χ4n) is 0.823. The van der Waals surface area contributed by atoms with Gasteiger partial charge in [0, 0.05) is 19.0 Å². The lowest BCUT2D eigenvalue weighted by Crippen LogP contribution is -2.41. The van der Waals surface area contributed by atoms with Crippen molar-refractivity contribution in [2.45, 2.75) is 38.8 Å². The number of aliphatic hydroxyl groups is 1. The van der Waals surface area contributed by atoms with Crippen molar-refractivity contribution >= 4 is 12.0 Å². The number of amides is 2. The van der Waals surface area contributed by atoms with Crippen LogP contribution in [0.4, 0.5) is 4.79 Å². The van der Waals surface area contributed by atoms with Crippen LogP contribution >= 0.6 is 0 Å². The van der Waals surface area contributed by atoms with Gasteiger partial charge in [-0.05, 0) is 13.3 Å². The molecule has 0 radical (unpaired) electrons. The molecule has 88 valence electrons. The third-order valence-corrected chi connectivity index (χ3v) is 1.98. The van der Waals surface area contributed by atoms with Crippen LogP contribution in [0, 0.1) is 0 Å². The highest BCUT2D eigenvalue weighted by Crippen LogP contribution is 1.90. The molecule has 0 heterocycles. The van der Waals surface area contributed by atoms with E-state index in [9.17, 15) is 9.59 Å². The number of carboxylic acid groups (broad SMARTS) is 1. The van der Waals surface area contributed by atoms with Crippen molar-refractivity contribution in [2.24, 2.45) is 0 Å². The first-order chi connectivity index (χ1) is 6.97. The standard InChI is InChI=1S/C9H18N2O4/c1-3-6(2)11-9(15)10-5-4-7(12)8(13)14/h6-7,12H,3-5H2,1-2H3,(H,13,14)(H2,10,11,15). The number of rotatable bonds is 6. The second-order valence-electron chi connectivity index (χ2n) is 3.35. The Kier molecular flexibility index (Phi) is 6.44. The summed E-state index contributed by atoms with van der Waals surface area (Å²) in [5.41, 5.74) is 0. The fourth-order valence-corrected chi connectivity index (χ4v) is 0.823. The van der Waals surface area contributed by atoms with E-state index in [0.717, 1.165) is 6.42 Å². The first kappa shape index (κ1) is 13.7. The Balaban J connectivity index is 3.59. The molecule has 0 aliphatic carbocycles. The van der Waals surface area contributed by atoms with Crippen LogP contribution in [-0.4, -0.2) is 40.9 Å². The molecule has 0 bridgehead atoms. The largest absolute Gasteiger partial charge is 0.479 e. The quantitative estimate of drug-likeness (QED) is 0.501. The van der Waals surface area contributed by atoms with Gasteiger partial charge in [-0.15, -0.1) is 0 Å². The number of hydrogen-bond donors (Lipinski definition) is 4. The maximum absolute atomic E-state index is 11.1. The van der Waals surface area contributed by atoms with Gasteiger partial charge >= 0.3 is 12.0 Å². The smallest absolute Gasteiger partial charge is 0.332 e. The van der Waals surface area contributed by atoms with E-state index in [1.54, 1.807) is 0 Å². The molecule has 2 unspecified atom stereocenters. The third kappa shape index (κ3) is 6.73. The summed E-state index contributed by atoms with van der Waals surface area (Å²) >= 11 is 0. The SMILES string of the molecule is CCC(C)NC(=O)NCCC(O)C(=O)O. The minimum absolute atomic E-state index is 0.00323. The maximum atomic E-state index is 11.1. The number of nitrogens with one attached hydrogen (secondary N) is 2. The molecule has 0 aromatic rings. The summed E-state index contributed by atoms with van der Waals surface area (Å²) in [5.74, 6) is -1.28. The predicted molar refractivity (Wildman–Crippen MR) is 54.5 cm³/mol. The molecule has 0 rings (SSSR count). The summed E-state index contributed by atoms with van der Waals surface area (Å²) < 4.78 is 0. The molecular weight excluding hydrogens is 200 g/mol. The van der Waals surface area contributed by atoms with Gasteiger partial charge in [-0.1, -0.05) is 6.92 Å². The van der Waals surface area contributed by atoms with E-state index >= 15 is 0 Å². The summed E-state index contributed by atoms with van der Waals surface area (Å²) in [6, 6.07) is -0.267. The minimum atomic E-state index is -1.42. The summed E-state index contributed by atoms with van der Waals surface area (Å²) in [6.07, 6.45) is -0.595. The van der Waals surface area contributed by atoms with E-state index in [0.29, 0.717) is 0 Å². The Bertz CT molecular complexity index is 220. The van der Waals surface area contributed by atoms with Crippen LogP contribution in [-0.2, 0) is 4.79 Å². The van der Waals surface area contributed by atoms with E-state index in [1.807, 2.05) is 13.8 Å². The molecule has 0 fully saturated rings. The van der Waals surface area contributed by atoms with Crippen molar-refractivity contribution in [3.8, 4) is 0 Å². The zero-order valence-corrected chi connectivity index (χ0v) is 8.99. The second-order valence-corrected chi connectivity index (χ2v) is 3.35. The Morgan fingerprint density at radius 2 is 2.00 bits per heavy atom. The molecule has 4 N–H and O–H groups in total. The number of carboxylic acids is 1. The van der Waals surface area contributed by atoms with Crippen LogP contribution in [0.1, 0.15) is 26.7 Å². The van der Waals surface area contributed by atoms with Crippen molar-refractivity contribution in [1.82, 2.24) is 10.6 Å². The molecule has 2 atom stereocenters. The summed E-state index contributed by atoms with van der Waals surface area (Å²) in [6.45, 7) is 3.94. The van der Waals surface area contributed by atoms with Crippen molar-refractivity contribution in [1.29, 1.82) is 0 Å². The first-order valence-corrected chi connectivity index (χ1v) is 4.92. The molecule has 0 aromatic carbocycles. The summed E-state index contributed by atoms with van der Waals surface area (Å²) in [5, 5.41) is 22.4. The first-order valence-electron chi connectivity index (χ1n) is 4.92. The normalized spacial score (nSPS) is 14.1. The molecule has 15 heavy (non-hydrogen) atoms. The van der Waals surface area contributed by atoms with Crippen LogP contribution in [0.2, 0.25) is 0 Å². The number of carbonyl (C=O) groups excluding carboxylic acids is 1. The summed E-state index contributed by atoms with van der Waals surface area (Å²) in [7, 11) is 0. The van der Waals surface area contributed by atoms with Gasteiger partial charge in [0.2, 0.25) is 0 Å². The average molecular weight is 218 g/mol. The number of urea groups is 1. The molecule has 0 spiro atoms. The minimum Gasteiger partial charge on any atom is -0.479 e. The molecule has 0 saturated heterocycles. The van der Waals surface area contributed by atoms with E-state index in [-0.39, 0.29) is 25.0 Å². The van der Waals surface area contributed by atoms with Crippen LogP contribution in [0.25, 0.3) is 0 Å². The van der Waals surface area contributed by atoms with Gasteiger partial charge in [0.1, 0.15) is 0 Å². The van der Waals surface area contributed by atoms with Gasteiger partial charge in [0.05, 0.1) is 0 Å². The molecule has 0 saturated carbocycles. The lowest BCUT2D eigenvalue weighted by Gasteiger charge is -2.12. The topological polar surface area (TPSA) is 98.7 Å². The van der Waals surface area contributed by atoms with Gasteiger partial charge in [-0.2, -0.15) is 0 Å². The monoisotopic (exact) mass is 218 g/mol. The molecule has 6 heteroatoms. The molecule has 0 aliphatic heterocycles. The average Bonchev–Trinajstić information content (AvgIpc) is 2.17. The zero-order valence-electron chi connectivity index (χ0n) is 8.99. The zero-order chi connectivity index (χ0) is 11.8. The third-order valence-electron chi connectivity index (χ3n) is 1.98. The maximum Gasteiger partial charge on any atom is 0.332 e. The molecule has 2 amide bonds. The van der Waals surface area contributed by atoms with Gasteiger partial charge in [0.15, 0.2) is 6.10 Å². The van der Waals surface area contributed by atoms with E-state index in [2.05, 4.69) is 10.6 Å². The molecule has 0 aromatic heterocycles. The molecule has 0 aliphatic rings. The van der Waals surface area contributed by atoms with Crippen LogP contribution in [0.15, 0.2) is 0 Å². The second kappa shape index (κ2) is 7.05.